The number of anilines is 1. The summed E-state index contributed by atoms with van der Waals surface area (Å²) in [5.41, 5.74) is 4.58. The van der Waals surface area contributed by atoms with Crippen molar-refractivity contribution < 1.29 is 4.79 Å². The van der Waals surface area contributed by atoms with Crippen molar-refractivity contribution in [3.63, 3.8) is 0 Å². The second-order valence-electron chi connectivity index (χ2n) is 6.76. The number of hydrogen-bond acceptors (Lipinski definition) is 4. The van der Waals surface area contributed by atoms with Gasteiger partial charge in [0.05, 0.1) is 5.75 Å². The Morgan fingerprint density at radius 1 is 1.17 bits per heavy atom. The number of nitrogens with one attached hydrogen (secondary N) is 2. The Labute approximate surface area is 172 Å². The van der Waals surface area contributed by atoms with Crippen LogP contribution in [0.5, 0.6) is 0 Å². The number of hydrogen-bond donors (Lipinski definition) is 2. The van der Waals surface area contributed by atoms with Crippen LogP contribution in [-0.2, 0) is 11.8 Å². The summed E-state index contributed by atoms with van der Waals surface area (Å²) in [6.45, 7) is 1.97. The molecule has 0 aliphatic rings. The zero-order valence-electron chi connectivity index (χ0n) is 16.1. The lowest BCUT2D eigenvalue weighted by atomic mass is 10.1. The van der Waals surface area contributed by atoms with Crippen LogP contribution in [0.1, 0.15) is 5.56 Å². The lowest BCUT2D eigenvalue weighted by molar-refractivity contribution is -0.113. The van der Waals surface area contributed by atoms with Crippen molar-refractivity contribution in [1.82, 2.24) is 14.5 Å². The van der Waals surface area contributed by atoms with Crippen LogP contribution in [0.3, 0.4) is 0 Å². The van der Waals surface area contributed by atoms with E-state index in [9.17, 15) is 9.59 Å². The highest BCUT2D eigenvalue weighted by molar-refractivity contribution is 7.99. The number of aryl methyl sites for hydroxylation is 1. The largest absolute Gasteiger partial charge is 0.355 e. The van der Waals surface area contributed by atoms with E-state index in [4.69, 9.17) is 0 Å². The average molecular weight is 404 g/mol. The molecular weight excluding hydrogens is 384 g/mol. The maximum absolute atomic E-state index is 12.7. The number of thioether (sulfide) groups is 1. The highest BCUT2D eigenvalue weighted by Crippen LogP contribution is 2.27. The lowest BCUT2D eigenvalue weighted by Gasteiger charge is -2.09. The van der Waals surface area contributed by atoms with E-state index in [-0.39, 0.29) is 17.2 Å². The number of fused-ring (bicyclic) bond motifs is 1. The van der Waals surface area contributed by atoms with Gasteiger partial charge in [-0.3, -0.25) is 14.2 Å². The highest BCUT2D eigenvalue weighted by atomic mass is 32.2. The summed E-state index contributed by atoms with van der Waals surface area (Å²) < 4.78 is 1.47. The van der Waals surface area contributed by atoms with Crippen LogP contribution >= 0.6 is 11.8 Å². The van der Waals surface area contributed by atoms with E-state index in [1.807, 2.05) is 61.5 Å². The Kier molecular flexibility index (Phi) is 5.22. The molecule has 146 valence electrons. The summed E-state index contributed by atoms with van der Waals surface area (Å²) in [6.07, 6.45) is 1.80. The van der Waals surface area contributed by atoms with Gasteiger partial charge in [-0.25, -0.2) is 4.98 Å². The molecule has 0 fully saturated rings. The van der Waals surface area contributed by atoms with Crippen molar-refractivity contribution in [2.24, 2.45) is 7.05 Å². The van der Waals surface area contributed by atoms with Gasteiger partial charge in [0, 0.05) is 24.5 Å². The molecule has 0 radical (unpaired) electrons. The molecule has 0 saturated heterocycles. The van der Waals surface area contributed by atoms with Crippen molar-refractivity contribution in [2.45, 2.75) is 12.1 Å². The molecule has 4 rings (SSSR count). The molecule has 0 aliphatic heterocycles. The topological polar surface area (TPSA) is 79.8 Å². The van der Waals surface area contributed by atoms with Gasteiger partial charge >= 0.3 is 0 Å². The minimum Gasteiger partial charge on any atom is -0.355 e. The summed E-state index contributed by atoms with van der Waals surface area (Å²) >= 11 is 1.24. The monoisotopic (exact) mass is 404 g/mol. The summed E-state index contributed by atoms with van der Waals surface area (Å²) in [6, 6.07) is 17.4. The average Bonchev–Trinajstić information content (AvgIpc) is 3.14. The molecule has 2 aromatic carbocycles. The van der Waals surface area contributed by atoms with E-state index < -0.39 is 0 Å². The number of amides is 1. The predicted molar refractivity (Wildman–Crippen MR) is 117 cm³/mol. The van der Waals surface area contributed by atoms with Gasteiger partial charge < -0.3 is 10.3 Å². The quantitative estimate of drug-likeness (QED) is 0.390. The minimum atomic E-state index is -0.168. The van der Waals surface area contributed by atoms with Crippen molar-refractivity contribution >= 4 is 34.4 Å². The standard InChI is InChI=1S/C22H20N4O2S/c1-14-7-6-10-16(11-14)24-18(27)13-29-22-25-19-17(15-8-4-3-5-9-15)12-23-20(19)21(28)26(22)2/h3-12,23H,13H2,1-2H3,(H,24,27). The summed E-state index contributed by atoms with van der Waals surface area (Å²) in [5.74, 6) is 0.0115. The van der Waals surface area contributed by atoms with Gasteiger partial charge in [-0.1, -0.05) is 54.2 Å². The van der Waals surface area contributed by atoms with Gasteiger partial charge in [-0.2, -0.15) is 0 Å². The van der Waals surface area contributed by atoms with Gasteiger partial charge in [0.15, 0.2) is 5.16 Å². The molecule has 7 heteroatoms. The first-order valence-electron chi connectivity index (χ1n) is 9.16. The lowest BCUT2D eigenvalue weighted by Crippen LogP contribution is -2.21. The molecule has 6 nitrogen and oxygen atoms in total. The predicted octanol–water partition coefficient (Wildman–Crippen LogP) is 3.97. The van der Waals surface area contributed by atoms with Crippen molar-refractivity contribution in [3.8, 4) is 11.1 Å². The molecule has 0 bridgehead atoms. The van der Waals surface area contributed by atoms with Crippen LogP contribution in [-0.4, -0.2) is 26.2 Å². The van der Waals surface area contributed by atoms with E-state index in [1.54, 1.807) is 13.2 Å². The molecule has 2 aromatic heterocycles. The van der Waals surface area contributed by atoms with Gasteiger partial charge in [-0.05, 0) is 30.2 Å². The molecule has 1 amide bonds. The third-order valence-electron chi connectivity index (χ3n) is 4.58. The fraction of sp³-hybridized carbons (Fsp3) is 0.136. The third kappa shape index (κ3) is 3.95. The Hall–Kier alpha value is -3.32. The van der Waals surface area contributed by atoms with Gasteiger partial charge in [0.2, 0.25) is 5.91 Å². The minimum absolute atomic E-state index is 0.146. The van der Waals surface area contributed by atoms with E-state index in [0.717, 1.165) is 22.4 Å². The van der Waals surface area contributed by atoms with Crippen molar-refractivity contribution in [1.29, 1.82) is 0 Å². The highest BCUT2D eigenvalue weighted by Gasteiger charge is 2.16. The number of rotatable bonds is 5. The number of aromatic amines is 1. The van der Waals surface area contributed by atoms with E-state index >= 15 is 0 Å². The first kappa shape index (κ1) is 19.0. The zero-order valence-corrected chi connectivity index (χ0v) is 16.9. The van der Waals surface area contributed by atoms with Crippen molar-refractivity contribution in [2.75, 3.05) is 11.1 Å². The second-order valence-corrected chi connectivity index (χ2v) is 7.70. The summed E-state index contributed by atoms with van der Waals surface area (Å²) in [4.78, 5) is 32.8. The Balaban J connectivity index is 1.59. The van der Waals surface area contributed by atoms with Crippen LogP contribution in [0.15, 0.2) is 70.7 Å². The molecule has 2 N–H and O–H groups in total. The fourth-order valence-corrected chi connectivity index (χ4v) is 3.90. The smallest absolute Gasteiger partial charge is 0.278 e. The first-order chi connectivity index (χ1) is 14.0. The fourth-order valence-electron chi connectivity index (χ4n) is 3.14. The molecule has 0 atom stereocenters. The SMILES string of the molecule is Cc1cccc(NC(=O)CSc2nc3c(-c4ccccc4)c[nH]c3c(=O)n2C)c1. The van der Waals surface area contributed by atoms with E-state index in [0.29, 0.717) is 16.2 Å². The Morgan fingerprint density at radius 2 is 1.97 bits per heavy atom. The number of aromatic nitrogens is 3. The van der Waals surface area contributed by atoms with Crippen LogP contribution in [0, 0.1) is 6.92 Å². The molecule has 0 saturated carbocycles. The molecule has 2 heterocycles. The normalized spacial score (nSPS) is 11.0. The number of carbonyl (C=O) groups excluding carboxylic acids is 1. The van der Waals surface area contributed by atoms with Crippen LogP contribution < -0.4 is 10.9 Å². The molecule has 0 aliphatic carbocycles. The van der Waals surface area contributed by atoms with Crippen LogP contribution in [0.25, 0.3) is 22.2 Å². The van der Waals surface area contributed by atoms with Gasteiger partial charge in [-0.15, -0.1) is 0 Å². The second kappa shape index (κ2) is 7.97. The Morgan fingerprint density at radius 3 is 2.72 bits per heavy atom. The molecule has 0 unspecified atom stereocenters. The summed E-state index contributed by atoms with van der Waals surface area (Å²) in [5, 5.41) is 3.37. The van der Waals surface area contributed by atoms with E-state index in [2.05, 4.69) is 15.3 Å². The van der Waals surface area contributed by atoms with Gasteiger partial charge in [0.25, 0.3) is 5.56 Å². The number of benzene rings is 2. The first-order valence-corrected chi connectivity index (χ1v) is 10.1. The van der Waals surface area contributed by atoms with Crippen LogP contribution in [0.2, 0.25) is 0 Å². The molecule has 0 spiro atoms. The third-order valence-corrected chi connectivity index (χ3v) is 5.61. The van der Waals surface area contributed by atoms with Crippen LogP contribution in [0.4, 0.5) is 5.69 Å². The Bertz CT molecular complexity index is 1240. The molecular formula is C22H20N4O2S. The summed E-state index contributed by atoms with van der Waals surface area (Å²) in [7, 11) is 1.67. The molecule has 4 aromatic rings. The van der Waals surface area contributed by atoms with E-state index in [1.165, 1.54) is 16.3 Å². The maximum atomic E-state index is 12.7. The number of carbonyl (C=O) groups is 1. The zero-order chi connectivity index (χ0) is 20.4. The van der Waals surface area contributed by atoms with Gasteiger partial charge in [0.1, 0.15) is 11.0 Å². The number of nitrogens with zero attached hydrogens (tertiary/aromatic N) is 2. The molecule has 29 heavy (non-hydrogen) atoms. The maximum Gasteiger partial charge on any atom is 0.278 e. The number of H-pyrrole nitrogens is 1. The van der Waals surface area contributed by atoms with Crippen molar-refractivity contribution in [3.05, 3.63) is 76.7 Å².